The van der Waals surface area contributed by atoms with Gasteiger partial charge in [0.05, 0.1) is 11.7 Å². The fraction of sp³-hybridized carbons (Fsp3) is 0.200. The summed E-state index contributed by atoms with van der Waals surface area (Å²) in [6.45, 7) is 3.33. The highest BCUT2D eigenvalue weighted by Crippen LogP contribution is 2.24. The average molecular weight is 273 g/mol. The molecule has 104 valence electrons. The van der Waals surface area contributed by atoms with Crippen LogP contribution < -0.4 is 10.6 Å². The maximum absolute atomic E-state index is 13.8. The maximum atomic E-state index is 13.8. The second kappa shape index (κ2) is 6.14. The number of carbonyl (C=O) groups excluding carboxylic acids is 1. The predicted octanol–water partition coefficient (Wildman–Crippen LogP) is 3.35. The van der Waals surface area contributed by atoms with Crippen LogP contribution in [0.5, 0.6) is 0 Å². The maximum Gasteiger partial charge on any atom is 0.221 e. The van der Waals surface area contributed by atoms with Crippen LogP contribution in [0.1, 0.15) is 25.5 Å². The Hall–Kier alpha value is -2.43. The van der Waals surface area contributed by atoms with E-state index in [1.54, 1.807) is 18.5 Å². The van der Waals surface area contributed by atoms with Crippen molar-refractivity contribution in [3.8, 4) is 0 Å². The number of aromatic nitrogens is 1. The molecule has 0 spiro atoms. The summed E-state index contributed by atoms with van der Waals surface area (Å²) in [7, 11) is 0. The van der Waals surface area contributed by atoms with Crippen LogP contribution in [0.15, 0.2) is 42.7 Å². The highest BCUT2D eigenvalue weighted by molar-refractivity contribution is 5.89. The molecule has 2 aromatic rings. The van der Waals surface area contributed by atoms with Gasteiger partial charge in [-0.15, -0.1) is 0 Å². The second-order valence-electron chi connectivity index (χ2n) is 4.53. The van der Waals surface area contributed by atoms with E-state index in [1.807, 2.05) is 19.1 Å². The van der Waals surface area contributed by atoms with Crippen molar-refractivity contribution in [2.75, 3.05) is 10.6 Å². The van der Waals surface area contributed by atoms with E-state index in [9.17, 15) is 9.18 Å². The Bertz CT molecular complexity index is 601. The third-order valence-electron chi connectivity index (χ3n) is 2.84. The zero-order valence-corrected chi connectivity index (χ0v) is 11.4. The molecule has 0 bridgehead atoms. The molecule has 0 aliphatic rings. The Kier molecular flexibility index (Phi) is 4.30. The molecule has 1 atom stereocenters. The number of carbonyl (C=O) groups is 1. The Morgan fingerprint density at radius 3 is 2.80 bits per heavy atom. The number of pyridine rings is 1. The smallest absolute Gasteiger partial charge is 0.221 e. The summed E-state index contributed by atoms with van der Waals surface area (Å²) in [4.78, 5) is 15.1. The predicted molar refractivity (Wildman–Crippen MR) is 77.0 cm³/mol. The summed E-state index contributed by atoms with van der Waals surface area (Å²) >= 11 is 0. The van der Waals surface area contributed by atoms with Gasteiger partial charge in [-0.05, 0) is 36.8 Å². The summed E-state index contributed by atoms with van der Waals surface area (Å²) in [6, 6.07) is 8.08. The van der Waals surface area contributed by atoms with Crippen LogP contribution in [0.4, 0.5) is 15.8 Å². The summed E-state index contributed by atoms with van der Waals surface area (Å²) in [5, 5.41) is 5.70. The summed E-state index contributed by atoms with van der Waals surface area (Å²) < 4.78 is 13.8. The lowest BCUT2D eigenvalue weighted by molar-refractivity contribution is -0.114. The monoisotopic (exact) mass is 273 g/mol. The van der Waals surface area contributed by atoms with Gasteiger partial charge < -0.3 is 10.6 Å². The summed E-state index contributed by atoms with van der Waals surface area (Å²) in [6.07, 6.45) is 3.42. The molecule has 1 aromatic carbocycles. The molecule has 20 heavy (non-hydrogen) atoms. The number of nitrogens with zero attached hydrogens (tertiary/aromatic N) is 1. The van der Waals surface area contributed by atoms with Crippen molar-refractivity contribution in [2.24, 2.45) is 0 Å². The first kappa shape index (κ1) is 14.0. The fourth-order valence-corrected chi connectivity index (χ4v) is 1.87. The molecule has 0 saturated carbocycles. The van der Waals surface area contributed by atoms with Gasteiger partial charge >= 0.3 is 0 Å². The van der Waals surface area contributed by atoms with Gasteiger partial charge in [-0.3, -0.25) is 9.78 Å². The zero-order chi connectivity index (χ0) is 14.5. The Labute approximate surface area is 117 Å². The average Bonchev–Trinajstić information content (AvgIpc) is 2.43. The van der Waals surface area contributed by atoms with E-state index in [0.717, 1.165) is 5.56 Å². The van der Waals surface area contributed by atoms with Crippen molar-refractivity contribution < 1.29 is 9.18 Å². The number of halogens is 1. The van der Waals surface area contributed by atoms with E-state index in [2.05, 4.69) is 15.6 Å². The van der Waals surface area contributed by atoms with E-state index >= 15 is 0 Å². The molecule has 1 unspecified atom stereocenters. The lowest BCUT2D eigenvalue weighted by Gasteiger charge is -2.16. The third-order valence-corrected chi connectivity index (χ3v) is 2.84. The molecule has 1 aromatic heterocycles. The molecule has 0 fully saturated rings. The lowest BCUT2D eigenvalue weighted by atomic mass is 10.1. The molecule has 2 N–H and O–H groups in total. The zero-order valence-electron chi connectivity index (χ0n) is 11.4. The number of amides is 1. The first-order valence-electron chi connectivity index (χ1n) is 6.30. The Morgan fingerprint density at radius 2 is 2.15 bits per heavy atom. The molecule has 0 radical (unpaired) electrons. The molecule has 0 aliphatic carbocycles. The molecule has 1 heterocycles. The molecule has 2 rings (SSSR count). The molecular formula is C15H16FN3O. The van der Waals surface area contributed by atoms with Crippen LogP contribution in [-0.2, 0) is 4.79 Å². The molecular weight excluding hydrogens is 257 g/mol. The van der Waals surface area contributed by atoms with Crippen molar-refractivity contribution in [3.63, 3.8) is 0 Å². The lowest BCUT2D eigenvalue weighted by Crippen LogP contribution is -2.10. The van der Waals surface area contributed by atoms with E-state index in [4.69, 9.17) is 0 Å². The van der Waals surface area contributed by atoms with Crippen molar-refractivity contribution >= 4 is 17.3 Å². The van der Waals surface area contributed by atoms with Gasteiger partial charge in [-0.25, -0.2) is 4.39 Å². The van der Waals surface area contributed by atoms with E-state index in [0.29, 0.717) is 11.4 Å². The third kappa shape index (κ3) is 3.54. The number of hydrogen-bond acceptors (Lipinski definition) is 3. The van der Waals surface area contributed by atoms with E-state index in [-0.39, 0.29) is 17.8 Å². The van der Waals surface area contributed by atoms with Gasteiger partial charge in [0.1, 0.15) is 5.82 Å². The van der Waals surface area contributed by atoms with Gasteiger partial charge in [0, 0.05) is 25.0 Å². The van der Waals surface area contributed by atoms with Crippen LogP contribution in [0.2, 0.25) is 0 Å². The van der Waals surface area contributed by atoms with Crippen molar-refractivity contribution in [3.05, 3.63) is 54.1 Å². The normalized spacial score (nSPS) is 11.8. The van der Waals surface area contributed by atoms with Gasteiger partial charge in [0.25, 0.3) is 0 Å². The minimum Gasteiger partial charge on any atom is -0.376 e. The molecule has 0 saturated heterocycles. The van der Waals surface area contributed by atoms with Crippen LogP contribution in [-0.4, -0.2) is 10.9 Å². The number of nitrogens with one attached hydrogen (secondary N) is 2. The van der Waals surface area contributed by atoms with Crippen molar-refractivity contribution in [1.29, 1.82) is 0 Å². The molecule has 4 nitrogen and oxygen atoms in total. The highest BCUT2D eigenvalue weighted by atomic mass is 19.1. The Morgan fingerprint density at radius 1 is 1.35 bits per heavy atom. The van der Waals surface area contributed by atoms with E-state index in [1.165, 1.54) is 19.1 Å². The molecule has 0 aliphatic heterocycles. The summed E-state index contributed by atoms with van der Waals surface area (Å²) in [5.74, 6) is -0.558. The SMILES string of the molecule is CC(=O)Nc1ccc(F)c(NC(C)c2cccnc2)c1. The Balaban J connectivity index is 2.18. The number of benzene rings is 1. The standard InChI is InChI=1S/C15H16FN3O/c1-10(12-4-3-7-17-9-12)18-15-8-13(19-11(2)20)5-6-14(15)16/h3-10,18H,1-2H3,(H,19,20). The van der Waals surface area contributed by atoms with Crippen LogP contribution in [0.3, 0.4) is 0 Å². The van der Waals surface area contributed by atoms with E-state index < -0.39 is 0 Å². The molecule has 1 amide bonds. The van der Waals surface area contributed by atoms with Gasteiger partial charge in [-0.1, -0.05) is 6.07 Å². The van der Waals surface area contributed by atoms with Crippen LogP contribution in [0, 0.1) is 5.82 Å². The quantitative estimate of drug-likeness (QED) is 0.898. The minimum absolute atomic E-state index is 0.0919. The highest BCUT2D eigenvalue weighted by Gasteiger charge is 2.09. The second-order valence-corrected chi connectivity index (χ2v) is 4.53. The van der Waals surface area contributed by atoms with Crippen LogP contribution in [0.25, 0.3) is 0 Å². The van der Waals surface area contributed by atoms with Gasteiger partial charge in [0.2, 0.25) is 5.91 Å². The van der Waals surface area contributed by atoms with Gasteiger partial charge in [0.15, 0.2) is 0 Å². The van der Waals surface area contributed by atoms with Crippen LogP contribution >= 0.6 is 0 Å². The number of anilines is 2. The first-order valence-corrected chi connectivity index (χ1v) is 6.30. The fourth-order valence-electron chi connectivity index (χ4n) is 1.87. The largest absolute Gasteiger partial charge is 0.376 e. The molecule has 5 heteroatoms. The summed E-state index contributed by atoms with van der Waals surface area (Å²) in [5.41, 5.74) is 1.85. The van der Waals surface area contributed by atoms with Crippen molar-refractivity contribution in [2.45, 2.75) is 19.9 Å². The minimum atomic E-state index is -0.366. The van der Waals surface area contributed by atoms with Crippen molar-refractivity contribution in [1.82, 2.24) is 4.98 Å². The first-order chi connectivity index (χ1) is 9.56. The van der Waals surface area contributed by atoms with Gasteiger partial charge in [-0.2, -0.15) is 0 Å². The topological polar surface area (TPSA) is 54.0 Å². The number of rotatable bonds is 4. The number of hydrogen-bond donors (Lipinski definition) is 2.